The lowest BCUT2D eigenvalue weighted by Gasteiger charge is -2.57. The second-order valence-electron chi connectivity index (χ2n) is 12.3. The summed E-state index contributed by atoms with van der Waals surface area (Å²) in [5.41, 5.74) is 9.71. The van der Waals surface area contributed by atoms with Gasteiger partial charge in [-0.25, -0.2) is 14.8 Å². The van der Waals surface area contributed by atoms with Crippen molar-refractivity contribution in [2.75, 3.05) is 24.1 Å². The fourth-order valence-corrected chi connectivity index (χ4v) is 5.78. The summed E-state index contributed by atoms with van der Waals surface area (Å²) < 4.78 is 11.3. The van der Waals surface area contributed by atoms with Gasteiger partial charge in [-0.2, -0.15) is 0 Å². The van der Waals surface area contributed by atoms with Gasteiger partial charge in [0.05, 0.1) is 16.2 Å². The average molecular weight is 597 g/mol. The Hall–Kier alpha value is -4.55. The Morgan fingerprint density at radius 2 is 1.95 bits per heavy atom. The fourth-order valence-electron chi connectivity index (χ4n) is 5.54. The normalized spacial score (nSPS) is 15.7. The van der Waals surface area contributed by atoms with E-state index in [1.54, 1.807) is 17.2 Å². The molecule has 2 aromatic heterocycles. The molecule has 1 aliphatic carbocycles. The molecule has 1 aliphatic heterocycles. The number of nitrogens with one attached hydrogen (secondary N) is 1. The van der Waals surface area contributed by atoms with Gasteiger partial charge in [0.15, 0.2) is 0 Å². The van der Waals surface area contributed by atoms with Crippen LogP contribution in [0.5, 0.6) is 5.75 Å². The molecule has 0 bridgehead atoms. The van der Waals surface area contributed by atoms with Crippen LogP contribution in [0.2, 0.25) is 5.02 Å². The molecule has 0 radical (unpaired) electrons. The summed E-state index contributed by atoms with van der Waals surface area (Å²) in [4.78, 5) is 27.2. The van der Waals surface area contributed by atoms with Gasteiger partial charge in [-0.15, -0.1) is 0 Å². The molecule has 6 rings (SSSR count). The second-order valence-corrected chi connectivity index (χ2v) is 12.7. The molecular weight excluding hydrogens is 564 g/mol. The Kier molecular flexibility index (Phi) is 7.49. The number of nitrogens with two attached hydrogens (primary N) is 1. The van der Waals surface area contributed by atoms with Crippen molar-refractivity contribution in [2.24, 2.45) is 11.3 Å². The highest BCUT2D eigenvalue weighted by Crippen LogP contribution is 2.52. The molecule has 0 unspecified atom stereocenters. The number of carbonyl (C=O) groups excluding carboxylic acids is 1. The van der Waals surface area contributed by atoms with Crippen molar-refractivity contribution in [3.63, 3.8) is 0 Å². The van der Waals surface area contributed by atoms with E-state index >= 15 is 0 Å². The topological polar surface area (TPSA) is 115 Å². The monoisotopic (exact) mass is 596 g/mol. The maximum Gasteiger partial charge on any atom is 0.410 e. The van der Waals surface area contributed by atoms with Crippen LogP contribution in [0.4, 0.5) is 22.0 Å². The van der Waals surface area contributed by atoms with E-state index in [0.29, 0.717) is 28.9 Å². The Bertz CT molecular complexity index is 1730. The molecule has 2 fully saturated rings. The number of likely N-dealkylation sites (tertiary alicyclic amines) is 1. The summed E-state index contributed by atoms with van der Waals surface area (Å²) in [7, 11) is 0. The number of anilines is 3. The van der Waals surface area contributed by atoms with Gasteiger partial charge >= 0.3 is 6.09 Å². The van der Waals surface area contributed by atoms with Crippen LogP contribution in [0, 0.1) is 23.2 Å². The van der Waals surface area contributed by atoms with Crippen LogP contribution in [0.3, 0.4) is 0 Å². The van der Waals surface area contributed by atoms with Crippen LogP contribution in [0.15, 0.2) is 61.1 Å². The molecule has 10 heteroatoms. The predicted molar refractivity (Wildman–Crippen MR) is 167 cm³/mol. The Labute approximate surface area is 255 Å². The van der Waals surface area contributed by atoms with Crippen LogP contribution in [-0.2, 0) is 11.3 Å². The number of aromatic nitrogens is 3. The average Bonchev–Trinajstić information content (AvgIpc) is 2.91. The van der Waals surface area contributed by atoms with E-state index in [0.717, 1.165) is 53.8 Å². The highest BCUT2D eigenvalue weighted by molar-refractivity contribution is 6.32. The largest absolute Gasteiger partial charge is 0.486 e. The van der Waals surface area contributed by atoms with Crippen molar-refractivity contribution in [3.05, 3.63) is 77.3 Å². The van der Waals surface area contributed by atoms with E-state index in [1.807, 2.05) is 63.2 Å². The fraction of sp³-hybridized carbons (Fsp3) is 0.333. The number of benzene rings is 2. The molecule has 4 aromatic rings. The first-order valence-corrected chi connectivity index (χ1v) is 14.6. The maximum absolute atomic E-state index is 12.3. The number of hydrogen-bond acceptors (Lipinski definition) is 8. The predicted octanol–water partition coefficient (Wildman–Crippen LogP) is 6.58. The number of halogens is 1. The molecule has 3 N–H and O–H groups in total. The van der Waals surface area contributed by atoms with Gasteiger partial charge in [0, 0.05) is 52.9 Å². The van der Waals surface area contributed by atoms with Crippen LogP contribution in [0.1, 0.15) is 44.9 Å². The summed E-state index contributed by atoms with van der Waals surface area (Å²) in [5.74, 6) is 8.09. The molecule has 1 saturated heterocycles. The van der Waals surface area contributed by atoms with Crippen LogP contribution < -0.4 is 15.8 Å². The first-order valence-electron chi connectivity index (χ1n) is 14.2. The third-order valence-electron chi connectivity index (χ3n) is 7.58. The standard InChI is InChI=1S/C33H33ClN6O3/c1-32(2,3)43-31(41)40-18-33(19-40)15-21(16-33)7-8-22-12-28-25(14-27(22)35)30(38-20-37-28)39-23-9-10-29(26(34)13-23)42-17-24-6-4-5-11-36-24/h4-6,9-14,20-21H,15-19,35H2,1-3H3,(H,37,38,39). The van der Waals surface area contributed by atoms with Crippen molar-refractivity contribution >= 4 is 45.8 Å². The van der Waals surface area contributed by atoms with E-state index in [2.05, 4.69) is 32.1 Å². The number of amides is 1. The van der Waals surface area contributed by atoms with Crippen molar-refractivity contribution in [3.8, 4) is 17.6 Å². The van der Waals surface area contributed by atoms with Crippen LogP contribution in [-0.4, -0.2) is 44.6 Å². The summed E-state index contributed by atoms with van der Waals surface area (Å²) in [5, 5.41) is 4.56. The van der Waals surface area contributed by atoms with E-state index in [1.165, 1.54) is 6.33 Å². The maximum atomic E-state index is 12.3. The molecule has 1 spiro atoms. The van der Waals surface area contributed by atoms with Gasteiger partial charge in [-0.1, -0.05) is 29.5 Å². The SMILES string of the molecule is CC(C)(C)OC(=O)N1CC2(CC(C#Cc3cc4ncnc(Nc5ccc(OCc6ccccn6)c(Cl)c5)c4cc3N)C2)C1. The number of fused-ring (bicyclic) bond motifs is 1. The number of ether oxygens (including phenoxy) is 2. The van der Waals surface area contributed by atoms with Gasteiger partial charge in [0.2, 0.25) is 0 Å². The summed E-state index contributed by atoms with van der Waals surface area (Å²) in [6.07, 6.45) is 4.94. The Morgan fingerprint density at radius 1 is 1.14 bits per heavy atom. The molecule has 43 heavy (non-hydrogen) atoms. The van der Waals surface area contributed by atoms with Gasteiger partial charge in [0.1, 0.15) is 30.1 Å². The lowest BCUT2D eigenvalue weighted by Crippen LogP contribution is -2.64. The first kappa shape index (κ1) is 28.6. The number of nitrogens with zero attached hydrogens (tertiary/aromatic N) is 4. The minimum Gasteiger partial charge on any atom is -0.486 e. The number of pyridine rings is 1. The lowest BCUT2D eigenvalue weighted by atomic mass is 9.58. The Morgan fingerprint density at radius 3 is 2.67 bits per heavy atom. The minimum atomic E-state index is -0.481. The summed E-state index contributed by atoms with van der Waals surface area (Å²) in [6.45, 7) is 7.44. The second kappa shape index (κ2) is 11.3. The van der Waals surface area contributed by atoms with Crippen molar-refractivity contribution < 1.29 is 14.3 Å². The van der Waals surface area contributed by atoms with E-state index in [-0.39, 0.29) is 17.4 Å². The van der Waals surface area contributed by atoms with Gasteiger partial charge < -0.3 is 25.4 Å². The molecule has 220 valence electrons. The van der Waals surface area contributed by atoms with E-state index in [4.69, 9.17) is 26.8 Å². The lowest BCUT2D eigenvalue weighted by molar-refractivity contribution is -0.0832. The number of hydrogen-bond donors (Lipinski definition) is 2. The van der Waals surface area contributed by atoms with Crippen LogP contribution in [0.25, 0.3) is 10.9 Å². The molecule has 1 amide bonds. The van der Waals surface area contributed by atoms with Crippen LogP contribution >= 0.6 is 11.6 Å². The number of rotatable bonds is 5. The molecule has 2 aromatic carbocycles. The number of nitrogen functional groups attached to an aromatic ring is 1. The minimum absolute atomic E-state index is 0.172. The smallest absolute Gasteiger partial charge is 0.410 e. The zero-order chi connectivity index (χ0) is 30.2. The highest BCUT2D eigenvalue weighted by atomic mass is 35.5. The van der Waals surface area contributed by atoms with Crippen molar-refractivity contribution in [1.82, 2.24) is 19.9 Å². The molecule has 3 heterocycles. The number of carbonyl (C=O) groups is 1. The quantitative estimate of drug-likeness (QED) is 0.196. The third-order valence-corrected chi connectivity index (χ3v) is 7.87. The van der Waals surface area contributed by atoms with Gasteiger partial charge in [-0.3, -0.25) is 4.98 Å². The van der Waals surface area contributed by atoms with Crippen molar-refractivity contribution in [2.45, 2.75) is 45.8 Å². The molecule has 2 aliphatic rings. The van der Waals surface area contributed by atoms with E-state index in [9.17, 15) is 4.79 Å². The van der Waals surface area contributed by atoms with Crippen molar-refractivity contribution in [1.29, 1.82) is 0 Å². The third kappa shape index (κ3) is 6.45. The summed E-state index contributed by atoms with van der Waals surface area (Å²) >= 11 is 6.50. The molecule has 0 atom stereocenters. The molecular formula is C33H33ClN6O3. The molecule has 1 saturated carbocycles. The highest BCUT2D eigenvalue weighted by Gasteiger charge is 2.54. The van der Waals surface area contributed by atoms with Gasteiger partial charge in [0.25, 0.3) is 0 Å². The first-order chi connectivity index (χ1) is 20.6. The Balaban J connectivity index is 1.09. The zero-order valence-electron chi connectivity index (χ0n) is 24.4. The summed E-state index contributed by atoms with van der Waals surface area (Å²) in [6, 6.07) is 14.9. The zero-order valence-corrected chi connectivity index (χ0v) is 25.1. The van der Waals surface area contributed by atoms with Gasteiger partial charge in [-0.05, 0) is 76.1 Å². The molecule has 9 nitrogen and oxygen atoms in total. The van der Waals surface area contributed by atoms with E-state index < -0.39 is 5.60 Å².